The van der Waals surface area contributed by atoms with E-state index in [1.807, 2.05) is 0 Å². The van der Waals surface area contributed by atoms with Crippen molar-refractivity contribution in [3.63, 3.8) is 0 Å². The minimum atomic E-state index is -0.984. The van der Waals surface area contributed by atoms with Gasteiger partial charge in [-0.05, 0) is 43.3 Å². The van der Waals surface area contributed by atoms with Gasteiger partial charge in [-0.3, -0.25) is 4.79 Å². The number of ether oxygens (including phenoxy) is 4. The molecule has 0 bridgehead atoms. The fourth-order valence-corrected chi connectivity index (χ4v) is 2.13. The van der Waals surface area contributed by atoms with E-state index in [4.69, 9.17) is 18.9 Å². The molecule has 0 saturated heterocycles. The summed E-state index contributed by atoms with van der Waals surface area (Å²) in [6.45, 7) is 1.49. The third-order valence-electron chi connectivity index (χ3n) is 3.60. The van der Waals surface area contributed by atoms with Gasteiger partial charge in [0.2, 0.25) is 0 Å². The number of esters is 1. The lowest BCUT2D eigenvalue weighted by Gasteiger charge is -2.14. The van der Waals surface area contributed by atoms with Crippen molar-refractivity contribution in [2.45, 2.75) is 13.0 Å². The zero-order chi connectivity index (χ0) is 19.1. The first kappa shape index (κ1) is 19.1. The lowest BCUT2D eigenvalue weighted by Crippen LogP contribution is -2.30. The molecule has 0 aliphatic rings. The summed E-state index contributed by atoms with van der Waals surface area (Å²) in [6, 6.07) is 11.5. The maximum absolute atomic E-state index is 12.3. The molecule has 0 fully saturated rings. The molecule has 2 aromatic rings. The minimum Gasteiger partial charge on any atom is -0.497 e. The molecule has 1 amide bonds. The lowest BCUT2D eigenvalue weighted by molar-refractivity contribution is -0.123. The Bertz CT molecular complexity index is 750. The molecule has 138 valence electrons. The van der Waals surface area contributed by atoms with E-state index in [1.54, 1.807) is 37.4 Å². The molecule has 0 spiro atoms. The second kappa shape index (κ2) is 8.75. The topological polar surface area (TPSA) is 83.1 Å². The van der Waals surface area contributed by atoms with Gasteiger partial charge in [-0.15, -0.1) is 0 Å². The Hall–Kier alpha value is -3.22. The summed E-state index contributed by atoms with van der Waals surface area (Å²) in [4.78, 5) is 24.5. The fourth-order valence-electron chi connectivity index (χ4n) is 2.13. The summed E-state index contributed by atoms with van der Waals surface area (Å²) in [6.07, 6.45) is -0.984. The Morgan fingerprint density at radius 1 is 0.846 bits per heavy atom. The van der Waals surface area contributed by atoms with Crippen LogP contribution in [0.3, 0.4) is 0 Å². The van der Waals surface area contributed by atoms with E-state index in [1.165, 1.54) is 33.3 Å². The van der Waals surface area contributed by atoms with Crippen LogP contribution in [-0.4, -0.2) is 39.3 Å². The van der Waals surface area contributed by atoms with E-state index >= 15 is 0 Å². The number of carbonyl (C=O) groups excluding carboxylic acids is 2. The smallest absolute Gasteiger partial charge is 0.339 e. The van der Waals surface area contributed by atoms with Crippen LogP contribution in [0.1, 0.15) is 17.3 Å². The van der Waals surface area contributed by atoms with Crippen LogP contribution in [0, 0.1) is 0 Å². The predicted octanol–water partition coefficient (Wildman–Crippen LogP) is 2.90. The first-order chi connectivity index (χ1) is 12.5. The highest BCUT2D eigenvalue weighted by atomic mass is 16.5. The van der Waals surface area contributed by atoms with E-state index in [2.05, 4.69) is 5.32 Å². The van der Waals surface area contributed by atoms with Crippen molar-refractivity contribution in [3.8, 4) is 17.2 Å². The van der Waals surface area contributed by atoms with E-state index in [9.17, 15) is 9.59 Å². The van der Waals surface area contributed by atoms with Crippen molar-refractivity contribution >= 4 is 17.6 Å². The Kier molecular flexibility index (Phi) is 6.43. The van der Waals surface area contributed by atoms with Crippen molar-refractivity contribution in [1.29, 1.82) is 0 Å². The average Bonchev–Trinajstić information content (AvgIpc) is 2.67. The number of benzene rings is 2. The number of rotatable bonds is 7. The summed E-state index contributed by atoms with van der Waals surface area (Å²) in [5.41, 5.74) is 0.798. The first-order valence-corrected chi connectivity index (χ1v) is 7.85. The van der Waals surface area contributed by atoms with Gasteiger partial charge in [-0.1, -0.05) is 0 Å². The maximum Gasteiger partial charge on any atom is 0.339 e. The number of hydrogen-bond donors (Lipinski definition) is 1. The van der Waals surface area contributed by atoms with Gasteiger partial charge >= 0.3 is 5.97 Å². The van der Waals surface area contributed by atoms with Crippen molar-refractivity contribution < 1.29 is 28.5 Å². The lowest BCUT2D eigenvalue weighted by atomic mass is 10.2. The van der Waals surface area contributed by atoms with Crippen LogP contribution in [0.25, 0.3) is 0 Å². The van der Waals surface area contributed by atoms with Crippen LogP contribution >= 0.6 is 0 Å². The summed E-state index contributed by atoms with van der Waals surface area (Å²) < 4.78 is 20.5. The predicted molar refractivity (Wildman–Crippen MR) is 96.0 cm³/mol. The zero-order valence-electron chi connectivity index (χ0n) is 15.1. The highest BCUT2D eigenvalue weighted by molar-refractivity contribution is 5.97. The van der Waals surface area contributed by atoms with Crippen molar-refractivity contribution in [2.24, 2.45) is 0 Å². The van der Waals surface area contributed by atoms with E-state index < -0.39 is 18.0 Å². The summed E-state index contributed by atoms with van der Waals surface area (Å²) in [7, 11) is 4.52. The van der Waals surface area contributed by atoms with E-state index in [-0.39, 0.29) is 5.56 Å². The number of methoxy groups -OCH3 is 3. The monoisotopic (exact) mass is 359 g/mol. The quantitative estimate of drug-likeness (QED) is 0.766. The summed E-state index contributed by atoms with van der Waals surface area (Å²) in [5, 5.41) is 2.67. The second-order valence-electron chi connectivity index (χ2n) is 5.37. The standard InChI is InChI=1S/C19H21NO6/c1-12(18(21)20-14-5-7-15(23-2)8-6-14)26-19(22)13-9-16(24-3)11-17(10-13)25-4/h5-12H,1-4H3,(H,20,21). The molecular weight excluding hydrogens is 338 g/mol. The molecule has 26 heavy (non-hydrogen) atoms. The van der Waals surface area contributed by atoms with Crippen LogP contribution in [0.15, 0.2) is 42.5 Å². The normalized spacial score (nSPS) is 11.2. The number of carbonyl (C=O) groups is 2. The molecule has 0 saturated carbocycles. The largest absolute Gasteiger partial charge is 0.497 e. The molecule has 1 N–H and O–H groups in total. The third kappa shape index (κ3) is 4.89. The van der Waals surface area contributed by atoms with Gasteiger partial charge < -0.3 is 24.3 Å². The van der Waals surface area contributed by atoms with Gasteiger partial charge in [0.05, 0.1) is 26.9 Å². The summed E-state index contributed by atoms with van der Waals surface area (Å²) >= 11 is 0. The van der Waals surface area contributed by atoms with Gasteiger partial charge in [-0.2, -0.15) is 0 Å². The van der Waals surface area contributed by atoms with Gasteiger partial charge in [0.25, 0.3) is 5.91 Å². The number of amides is 1. The van der Waals surface area contributed by atoms with Crippen LogP contribution in [0.2, 0.25) is 0 Å². The maximum atomic E-state index is 12.3. The Labute approximate surface area is 151 Å². The molecule has 7 nitrogen and oxygen atoms in total. The molecule has 0 aliphatic carbocycles. The Balaban J connectivity index is 2.02. The molecule has 1 atom stereocenters. The van der Waals surface area contributed by atoms with Crippen LogP contribution in [-0.2, 0) is 9.53 Å². The molecule has 0 radical (unpaired) electrons. The average molecular weight is 359 g/mol. The van der Waals surface area contributed by atoms with Crippen molar-refractivity contribution in [2.75, 3.05) is 26.6 Å². The molecule has 0 aliphatic heterocycles. The number of hydrogen-bond acceptors (Lipinski definition) is 6. The zero-order valence-corrected chi connectivity index (χ0v) is 15.1. The molecule has 0 aromatic heterocycles. The van der Waals surface area contributed by atoms with Crippen molar-refractivity contribution in [3.05, 3.63) is 48.0 Å². The molecule has 7 heteroatoms. The van der Waals surface area contributed by atoms with Crippen LogP contribution in [0.5, 0.6) is 17.2 Å². The van der Waals surface area contributed by atoms with Gasteiger partial charge in [0.1, 0.15) is 17.2 Å². The van der Waals surface area contributed by atoms with Gasteiger partial charge in [0, 0.05) is 11.8 Å². The van der Waals surface area contributed by atoms with Crippen LogP contribution in [0.4, 0.5) is 5.69 Å². The van der Waals surface area contributed by atoms with E-state index in [0.29, 0.717) is 22.9 Å². The van der Waals surface area contributed by atoms with Crippen LogP contribution < -0.4 is 19.5 Å². The number of anilines is 1. The van der Waals surface area contributed by atoms with E-state index in [0.717, 1.165) is 0 Å². The highest BCUT2D eigenvalue weighted by Gasteiger charge is 2.20. The first-order valence-electron chi connectivity index (χ1n) is 7.85. The third-order valence-corrected chi connectivity index (χ3v) is 3.60. The highest BCUT2D eigenvalue weighted by Crippen LogP contribution is 2.23. The van der Waals surface area contributed by atoms with Gasteiger partial charge in [0.15, 0.2) is 6.10 Å². The van der Waals surface area contributed by atoms with Crippen molar-refractivity contribution in [1.82, 2.24) is 0 Å². The molecule has 0 heterocycles. The second-order valence-corrected chi connectivity index (χ2v) is 5.37. The Morgan fingerprint density at radius 2 is 1.38 bits per heavy atom. The SMILES string of the molecule is COc1ccc(NC(=O)C(C)OC(=O)c2cc(OC)cc(OC)c2)cc1. The summed E-state index contributed by atoms with van der Waals surface area (Å²) in [5.74, 6) is 0.477. The minimum absolute atomic E-state index is 0.227. The van der Waals surface area contributed by atoms with Gasteiger partial charge in [-0.25, -0.2) is 4.79 Å². The fraction of sp³-hybridized carbons (Fsp3) is 0.263. The molecule has 2 aromatic carbocycles. The molecular formula is C19H21NO6. The Morgan fingerprint density at radius 3 is 1.88 bits per heavy atom. The number of nitrogens with one attached hydrogen (secondary N) is 1. The molecule has 1 unspecified atom stereocenters. The molecule has 2 rings (SSSR count).